The van der Waals surface area contributed by atoms with Gasteiger partial charge in [0.2, 0.25) is 5.91 Å². The fourth-order valence-electron chi connectivity index (χ4n) is 1.81. The second kappa shape index (κ2) is 4.12. The third-order valence-electron chi connectivity index (χ3n) is 2.68. The number of hydrogen-bond donors (Lipinski definition) is 1. The van der Waals surface area contributed by atoms with Gasteiger partial charge in [-0.05, 0) is 24.3 Å². The average Bonchev–Trinajstić information content (AvgIpc) is 2.57. The monoisotopic (exact) mass is 255 g/mol. The Hall–Kier alpha value is -1.40. The lowest BCUT2D eigenvalue weighted by molar-refractivity contribution is -0.117. The number of rotatable bonds is 2. The Morgan fingerprint density at radius 2 is 1.88 bits per heavy atom. The predicted molar refractivity (Wildman–Crippen MR) is 62.5 cm³/mol. The number of β-amino-alcohol motifs (C(OH)–C–C–N with tert-alkyl or cyclic N) is 1. The fourth-order valence-corrected chi connectivity index (χ4v) is 2.44. The molecule has 1 saturated heterocycles. The van der Waals surface area contributed by atoms with Crippen LogP contribution in [0.4, 0.5) is 5.69 Å². The number of hydrogen-bond acceptors (Lipinski definition) is 4. The van der Waals surface area contributed by atoms with Crippen molar-refractivity contribution < 1.29 is 18.3 Å². The molecule has 17 heavy (non-hydrogen) atoms. The van der Waals surface area contributed by atoms with Crippen molar-refractivity contribution in [3.05, 3.63) is 24.3 Å². The predicted octanol–water partition coefficient (Wildman–Crippen LogP) is 0.188. The summed E-state index contributed by atoms with van der Waals surface area (Å²) in [5, 5.41) is 9.36. The molecular formula is C11H13NO4S. The molecule has 0 bridgehead atoms. The minimum absolute atomic E-state index is 0.119. The quantitative estimate of drug-likeness (QED) is 0.818. The van der Waals surface area contributed by atoms with Crippen LogP contribution in [0, 0.1) is 0 Å². The first kappa shape index (κ1) is 12.1. The highest BCUT2D eigenvalue weighted by atomic mass is 32.2. The van der Waals surface area contributed by atoms with Gasteiger partial charge in [-0.15, -0.1) is 0 Å². The van der Waals surface area contributed by atoms with E-state index in [9.17, 15) is 18.3 Å². The van der Waals surface area contributed by atoms with E-state index in [1.165, 1.54) is 17.0 Å². The van der Waals surface area contributed by atoms with Crippen LogP contribution in [0.3, 0.4) is 0 Å². The number of aliphatic hydroxyl groups is 1. The van der Waals surface area contributed by atoms with Gasteiger partial charge in [0, 0.05) is 11.9 Å². The van der Waals surface area contributed by atoms with Crippen LogP contribution in [0.1, 0.15) is 6.42 Å². The van der Waals surface area contributed by atoms with Gasteiger partial charge in [0.1, 0.15) is 0 Å². The van der Waals surface area contributed by atoms with Gasteiger partial charge in [0.15, 0.2) is 9.84 Å². The Morgan fingerprint density at radius 3 is 2.29 bits per heavy atom. The van der Waals surface area contributed by atoms with E-state index in [4.69, 9.17) is 0 Å². The van der Waals surface area contributed by atoms with Crippen molar-refractivity contribution in [1.82, 2.24) is 0 Å². The van der Waals surface area contributed by atoms with Gasteiger partial charge in [-0.3, -0.25) is 4.79 Å². The third kappa shape index (κ3) is 2.48. The molecule has 1 atom stereocenters. The highest BCUT2D eigenvalue weighted by Gasteiger charge is 2.28. The number of sulfone groups is 1. The molecule has 0 aromatic heterocycles. The molecule has 6 heteroatoms. The molecule has 0 saturated carbocycles. The first-order valence-electron chi connectivity index (χ1n) is 5.16. The molecule has 1 aromatic rings. The summed E-state index contributed by atoms with van der Waals surface area (Å²) < 4.78 is 22.5. The molecule has 92 valence electrons. The van der Waals surface area contributed by atoms with Crippen LogP contribution in [-0.4, -0.2) is 38.3 Å². The van der Waals surface area contributed by atoms with Crippen LogP contribution in [-0.2, 0) is 14.6 Å². The zero-order valence-corrected chi connectivity index (χ0v) is 10.1. The highest BCUT2D eigenvalue weighted by Crippen LogP contribution is 2.23. The minimum Gasteiger partial charge on any atom is -0.391 e. The molecule has 1 amide bonds. The lowest BCUT2D eigenvalue weighted by Crippen LogP contribution is -2.25. The molecule has 0 radical (unpaired) electrons. The van der Waals surface area contributed by atoms with Crippen LogP contribution < -0.4 is 4.90 Å². The van der Waals surface area contributed by atoms with Crippen LogP contribution in [0.5, 0.6) is 0 Å². The summed E-state index contributed by atoms with van der Waals surface area (Å²) in [4.78, 5) is 13.2. The standard InChI is InChI=1S/C11H13NO4S/c1-17(15,16)10-4-2-8(3-5-10)12-7-9(13)6-11(12)14/h2-5,9,13H,6-7H2,1H3. The first-order valence-corrected chi connectivity index (χ1v) is 7.05. The molecule has 1 unspecified atom stereocenters. The Balaban J connectivity index is 2.28. The number of benzene rings is 1. The largest absolute Gasteiger partial charge is 0.391 e. The van der Waals surface area contributed by atoms with E-state index in [1.807, 2.05) is 0 Å². The number of anilines is 1. The zero-order chi connectivity index (χ0) is 12.6. The second-order valence-corrected chi connectivity index (χ2v) is 6.14. The molecule has 1 aliphatic heterocycles. The van der Waals surface area contributed by atoms with Gasteiger partial charge in [-0.25, -0.2) is 8.42 Å². The summed E-state index contributed by atoms with van der Waals surface area (Å²) in [5.74, 6) is -0.149. The summed E-state index contributed by atoms with van der Waals surface area (Å²) in [6.07, 6.45) is 0.609. The van der Waals surface area contributed by atoms with E-state index in [2.05, 4.69) is 0 Å². The minimum atomic E-state index is -3.22. The Morgan fingerprint density at radius 1 is 1.29 bits per heavy atom. The summed E-state index contributed by atoms with van der Waals surface area (Å²) in [7, 11) is -3.22. The first-order chi connectivity index (χ1) is 7.88. The smallest absolute Gasteiger partial charge is 0.229 e. The number of aliphatic hydroxyl groups excluding tert-OH is 1. The molecule has 1 N–H and O–H groups in total. The zero-order valence-electron chi connectivity index (χ0n) is 9.33. The summed E-state index contributed by atoms with van der Waals surface area (Å²) >= 11 is 0. The average molecular weight is 255 g/mol. The topological polar surface area (TPSA) is 74.7 Å². The summed E-state index contributed by atoms with van der Waals surface area (Å²) in [5.41, 5.74) is 0.610. The van der Waals surface area contributed by atoms with Gasteiger partial charge < -0.3 is 10.0 Å². The Labute approximate surface area is 99.6 Å². The molecule has 1 aromatic carbocycles. The van der Waals surface area contributed by atoms with Gasteiger partial charge >= 0.3 is 0 Å². The maximum absolute atomic E-state index is 11.5. The maximum atomic E-state index is 11.5. The number of carbonyl (C=O) groups is 1. The van der Waals surface area contributed by atoms with Crippen molar-refractivity contribution in [2.45, 2.75) is 17.4 Å². The Kier molecular flexibility index (Phi) is 2.92. The number of amides is 1. The van der Waals surface area contributed by atoms with Crippen molar-refractivity contribution in [1.29, 1.82) is 0 Å². The third-order valence-corrected chi connectivity index (χ3v) is 3.81. The van der Waals surface area contributed by atoms with Crippen molar-refractivity contribution in [3.63, 3.8) is 0 Å². The SMILES string of the molecule is CS(=O)(=O)c1ccc(N2CC(O)CC2=O)cc1. The lowest BCUT2D eigenvalue weighted by Gasteiger charge is -2.15. The van der Waals surface area contributed by atoms with Gasteiger partial charge in [0.25, 0.3) is 0 Å². The van der Waals surface area contributed by atoms with Gasteiger partial charge in [-0.1, -0.05) is 0 Å². The Bertz CT molecular complexity index is 535. The molecule has 0 spiro atoms. The van der Waals surface area contributed by atoms with Crippen molar-refractivity contribution in [2.75, 3.05) is 17.7 Å². The van der Waals surface area contributed by atoms with Crippen molar-refractivity contribution in [2.24, 2.45) is 0 Å². The van der Waals surface area contributed by atoms with E-state index < -0.39 is 15.9 Å². The molecule has 1 heterocycles. The highest BCUT2D eigenvalue weighted by molar-refractivity contribution is 7.90. The summed E-state index contributed by atoms with van der Waals surface area (Å²) in [6.45, 7) is 0.261. The van der Waals surface area contributed by atoms with Crippen LogP contribution in [0.25, 0.3) is 0 Å². The van der Waals surface area contributed by atoms with Crippen molar-refractivity contribution >= 4 is 21.4 Å². The van der Waals surface area contributed by atoms with E-state index in [0.717, 1.165) is 6.26 Å². The van der Waals surface area contributed by atoms with E-state index in [1.54, 1.807) is 12.1 Å². The number of nitrogens with zero attached hydrogens (tertiary/aromatic N) is 1. The van der Waals surface area contributed by atoms with E-state index >= 15 is 0 Å². The van der Waals surface area contributed by atoms with Gasteiger partial charge in [0.05, 0.1) is 24.0 Å². The van der Waals surface area contributed by atoms with E-state index in [-0.39, 0.29) is 23.8 Å². The second-order valence-electron chi connectivity index (χ2n) is 4.13. The summed E-state index contributed by atoms with van der Waals surface area (Å²) in [6, 6.07) is 6.07. The molecule has 0 aliphatic carbocycles. The van der Waals surface area contributed by atoms with Crippen LogP contribution in [0.15, 0.2) is 29.2 Å². The maximum Gasteiger partial charge on any atom is 0.229 e. The molecule has 1 fully saturated rings. The molecule has 1 aliphatic rings. The van der Waals surface area contributed by atoms with Gasteiger partial charge in [-0.2, -0.15) is 0 Å². The van der Waals surface area contributed by atoms with Crippen LogP contribution >= 0.6 is 0 Å². The molecule has 5 nitrogen and oxygen atoms in total. The van der Waals surface area contributed by atoms with Crippen molar-refractivity contribution in [3.8, 4) is 0 Å². The normalized spacial score (nSPS) is 20.9. The number of carbonyl (C=O) groups excluding carboxylic acids is 1. The van der Waals surface area contributed by atoms with E-state index in [0.29, 0.717) is 5.69 Å². The van der Waals surface area contributed by atoms with Crippen LogP contribution in [0.2, 0.25) is 0 Å². The molecular weight excluding hydrogens is 242 g/mol. The molecule has 2 rings (SSSR count). The fraction of sp³-hybridized carbons (Fsp3) is 0.364. The lowest BCUT2D eigenvalue weighted by atomic mass is 10.3.